The molecule has 0 aliphatic heterocycles. The number of nitrogens with zero attached hydrogens (tertiary/aromatic N) is 1. The number of benzene rings is 2. The number of aromatic hydroxyl groups is 1. The Morgan fingerprint density at radius 2 is 1.77 bits per heavy atom. The van der Waals surface area contributed by atoms with Gasteiger partial charge in [-0.05, 0) is 30.2 Å². The van der Waals surface area contributed by atoms with Gasteiger partial charge in [0.2, 0.25) is 0 Å². The Morgan fingerprint density at radius 1 is 1.12 bits per heavy atom. The van der Waals surface area contributed by atoms with E-state index in [0.717, 1.165) is 0 Å². The van der Waals surface area contributed by atoms with Gasteiger partial charge in [-0.3, -0.25) is 9.59 Å². The van der Waals surface area contributed by atoms with Crippen LogP contribution >= 0.6 is 11.6 Å². The molecule has 136 valence electrons. The molecule has 2 amide bonds. The summed E-state index contributed by atoms with van der Waals surface area (Å²) in [4.78, 5) is 24.8. The molecule has 0 heterocycles. The van der Waals surface area contributed by atoms with Crippen molar-refractivity contribution in [1.82, 2.24) is 10.7 Å². The first-order chi connectivity index (χ1) is 12.4. The maximum absolute atomic E-state index is 12.4. The topological polar surface area (TPSA) is 90.8 Å². The molecule has 0 spiro atoms. The molecule has 1 unspecified atom stereocenters. The summed E-state index contributed by atoms with van der Waals surface area (Å²) >= 11 is 6.02. The Kier molecular flexibility index (Phi) is 6.74. The van der Waals surface area contributed by atoms with Crippen LogP contribution in [0.15, 0.2) is 53.6 Å². The SMILES string of the molecule is CC(C)C(NC(=O)c1ccccc1Cl)C(=O)N/N=C/c1ccccc1O. The van der Waals surface area contributed by atoms with Crippen LogP contribution in [0.5, 0.6) is 5.75 Å². The van der Waals surface area contributed by atoms with E-state index in [9.17, 15) is 14.7 Å². The number of carbonyl (C=O) groups excluding carboxylic acids is 2. The Hall–Kier alpha value is -2.86. The second kappa shape index (κ2) is 9.01. The Labute approximate surface area is 156 Å². The second-order valence-corrected chi connectivity index (χ2v) is 6.38. The standard InChI is InChI=1S/C19H20ClN3O3/c1-12(2)17(22-18(25)14-8-4-5-9-15(14)20)19(26)23-21-11-13-7-3-6-10-16(13)24/h3-12,17,24H,1-2H3,(H,22,25)(H,23,26)/b21-11+. The molecule has 6 nitrogen and oxygen atoms in total. The van der Waals surface area contributed by atoms with Gasteiger partial charge < -0.3 is 10.4 Å². The van der Waals surface area contributed by atoms with Crippen LogP contribution in [0.25, 0.3) is 0 Å². The number of rotatable bonds is 6. The minimum absolute atomic E-state index is 0.0536. The summed E-state index contributed by atoms with van der Waals surface area (Å²) in [5.74, 6) is -1.01. The minimum atomic E-state index is -0.791. The van der Waals surface area contributed by atoms with Crippen molar-refractivity contribution in [3.8, 4) is 5.75 Å². The summed E-state index contributed by atoms with van der Waals surface area (Å²) in [5.41, 5.74) is 3.15. The highest BCUT2D eigenvalue weighted by Gasteiger charge is 2.25. The molecule has 0 bridgehead atoms. The molecular weight excluding hydrogens is 354 g/mol. The first-order valence-corrected chi connectivity index (χ1v) is 8.44. The van der Waals surface area contributed by atoms with Gasteiger partial charge in [0.05, 0.1) is 16.8 Å². The van der Waals surface area contributed by atoms with Crippen molar-refractivity contribution in [1.29, 1.82) is 0 Å². The molecule has 0 saturated heterocycles. The molecule has 0 fully saturated rings. The van der Waals surface area contributed by atoms with Gasteiger partial charge in [0.25, 0.3) is 11.8 Å². The Bertz CT molecular complexity index is 821. The Balaban J connectivity index is 2.05. The molecule has 1 atom stereocenters. The zero-order valence-electron chi connectivity index (χ0n) is 14.4. The minimum Gasteiger partial charge on any atom is -0.507 e. The predicted molar refractivity (Wildman–Crippen MR) is 101 cm³/mol. The van der Waals surface area contributed by atoms with Crippen molar-refractivity contribution in [2.45, 2.75) is 19.9 Å². The predicted octanol–water partition coefficient (Wildman–Crippen LogP) is 2.95. The molecular formula is C19H20ClN3O3. The van der Waals surface area contributed by atoms with E-state index in [2.05, 4.69) is 15.8 Å². The molecule has 3 N–H and O–H groups in total. The van der Waals surface area contributed by atoms with Crippen molar-refractivity contribution in [2.24, 2.45) is 11.0 Å². The number of nitrogens with one attached hydrogen (secondary N) is 2. The Morgan fingerprint density at radius 3 is 2.42 bits per heavy atom. The molecule has 0 aromatic heterocycles. The number of phenols is 1. The normalized spacial score (nSPS) is 12.2. The van der Waals surface area contributed by atoms with Crippen LogP contribution in [-0.4, -0.2) is 29.2 Å². The fourth-order valence-electron chi connectivity index (χ4n) is 2.23. The molecule has 0 saturated carbocycles. The van der Waals surface area contributed by atoms with Gasteiger partial charge in [0.1, 0.15) is 11.8 Å². The third kappa shape index (κ3) is 5.07. The fourth-order valence-corrected chi connectivity index (χ4v) is 2.45. The number of amides is 2. The van der Waals surface area contributed by atoms with E-state index < -0.39 is 17.9 Å². The van der Waals surface area contributed by atoms with Gasteiger partial charge in [-0.15, -0.1) is 0 Å². The lowest BCUT2D eigenvalue weighted by atomic mass is 10.0. The summed E-state index contributed by atoms with van der Waals surface area (Å²) in [7, 11) is 0. The molecule has 7 heteroatoms. The third-order valence-corrected chi connectivity index (χ3v) is 4.00. The van der Waals surface area contributed by atoms with Crippen LogP contribution in [-0.2, 0) is 4.79 Å². The van der Waals surface area contributed by atoms with Gasteiger partial charge in [0, 0.05) is 5.56 Å². The lowest BCUT2D eigenvalue weighted by molar-refractivity contribution is -0.123. The van der Waals surface area contributed by atoms with E-state index in [1.54, 1.807) is 42.5 Å². The smallest absolute Gasteiger partial charge is 0.262 e. The highest BCUT2D eigenvalue weighted by molar-refractivity contribution is 6.33. The average molecular weight is 374 g/mol. The lowest BCUT2D eigenvalue weighted by Crippen LogP contribution is -2.48. The molecule has 26 heavy (non-hydrogen) atoms. The molecule has 0 radical (unpaired) electrons. The maximum atomic E-state index is 12.4. The number of carbonyl (C=O) groups is 2. The number of hydrazone groups is 1. The van der Waals surface area contributed by atoms with E-state index in [-0.39, 0.29) is 11.7 Å². The monoisotopic (exact) mass is 373 g/mol. The summed E-state index contributed by atoms with van der Waals surface area (Å²) < 4.78 is 0. The van der Waals surface area contributed by atoms with Crippen LogP contribution in [0.1, 0.15) is 29.8 Å². The van der Waals surface area contributed by atoms with Crippen LogP contribution in [0.2, 0.25) is 5.02 Å². The zero-order chi connectivity index (χ0) is 19.1. The van der Waals surface area contributed by atoms with Gasteiger partial charge in [-0.2, -0.15) is 5.10 Å². The average Bonchev–Trinajstić information content (AvgIpc) is 2.61. The number of phenolic OH excluding ortho intramolecular Hbond substituents is 1. The number of para-hydroxylation sites is 1. The van der Waals surface area contributed by atoms with Crippen LogP contribution < -0.4 is 10.7 Å². The van der Waals surface area contributed by atoms with Crippen molar-refractivity contribution in [3.63, 3.8) is 0 Å². The van der Waals surface area contributed by atoms with Crippen LogP contribution in [0, 0.1) is 5.92 Å². The zero-order valence-corrected chi connectivity index (χ0v) is 15.2. The first kappa shape index (κ1) is 19.5. The van der Waals surface area contributed by atoms with Crippen molar-refractivity contribution < 1.29 is 14.7 Å². The number of halogens is 1. The summed E-state index contributed by atoms with van der Waals surface area (Å²) in [6.07, 6.45) is 1.33. The summed E-state index contributed by atoms with van der Waals surface area (Å²) in [6.45, 7) is 3.62. The molecule has 2 aromatic rings. The molecule has 0 aliphatic rings. The number of hydrogen-bond acceptors (Lipinski definition) is 4. The van der Waals surface area contributed by atoms with E-state index in [1.165, 1.54) is 12.3 Å². The molecule has 2 rings (SSSR count). The van der Waals surface area contributed by atoms with E-state index in [1.807, 2.05) is 13.8 Å². The quantitative estimate of drug-likeness (QED) is 0.537. The first-order valence-electron chi connectivity index (χ1n) is 8.06. The highest BCUT2D eigenvalue weighted by atomic mass is 35.5. The van der Waals surface area contributed by atoms with E-state index in [0.29, 0.717) is 16.1 Å². The summed E-state index contributed by atoms with van der Waals surface area (Å²) in [6, 6.07) is 12.4. The van der Waals surface area contributed by atoms with Crippen molar-refractivity contribution in [3.05, 3.63) is 64.7 Å². The second-order valence-electron chi connectivity index (χ2n) is 5.97. The van der Waals surface area contributed by atoms with Gasteiger partial charge in [0.15, 0.2) is 0 Å². The maximum Gasteiger partial charge on any atom is 0.262 e. The van der Waals surface area contributed by atoms with E-state index in [4.69, 9.17) is 11.6 Å². The number of hydrogen-bond donors (Lipinski definition) is 3. The van der Waals surface area contributed by atoms with E-state index >= 15 is 0 Å². The lowest BCUT2D eigenvalue weighted by Gasteiger charge is -2.20. The highest BCUT2D eigenvalue weighted by Crippen LogP contribution is 2.16. The largest absolute Gasteiger partial charge is 0.507 e. The van der Waals surface area contributed by atoms with Crippen molar-refractivity contribution in [2.75, 3.05) is 0 Å². The fraction of sp³-hybridized carbons (Fsp3) is 0.211. The third-order valence-electron chi connectivity index (χ3n) is 3.67. The van der Waals surface area contributed by atoms with Crippen LogP contribution in [0.3, 0.4) is 0 Å². The van der Waals surface area contributed by atoms with Crippen LogP contribution in [0.4, 0.5) is 0 Å². The summed E-state index contributed by atoms with van der Waals surface area (Å²) in [5, 5.41) is 16.5. The van der Waals surface area contributed by atoms with Gasteiger partial charge in [-0.25, -0.2) is 5.43 Å². The molecule has 0 aliphatic carbocycles. The van der Waals surface area contributed by atoms with Gasteiger partial charge in [-0.1, -0.05) is 49.7 Å². The molecule has 2 aromatic carbocycles. The van der Waals surface area contributed by atoms with Gasteiger partial charge >= 0.3 is 0 Å². The van der Waals surface area contributed by atoms with Crippen molar-refractivity contribution >= 4 is 29.6 Å².